The third kappa shape index (κ3) is 4.52. The van der Waals surface area contributed by atoms with Crippen molar-refractivity contribution < 1.29 is 4.79 Å². The lowest BCUT2D eigenvalue weighted by Crippen LogP contribution is -2.24. The monoisotopic (exact) mass is 372 g/mol. The first-order chi connectivity index (χ1) is 12.3. The molecule has 1 aliphatic carbocycles. The number of aromatic nitrogens is 2. The van der Waals surface area contributed by atoms with Crippen LogP contribution in [0.2, 0.25) is 5.02 Å². The molecule has 0 saturated carbocycles. The predicted octanol–water partition coefficient (Wildman–Crippen LogP) is 4.37. The van der Waals surface area contributed by atoms with Gasteiger partial charge in [0, 0.05) is 21.8 Å². The van der Waals surface area contributed by atoms with Crippen molar-refractivity contribution in [2.45, 2.75) is 46.5 Å². The summed E-state index contributed by atoms with van der Waals surface area (Å²) in [5.41, 5.74) is 6.17. The average Bonchev–Trinajstić information content (AvgIpc) is 2.98. The first kappa shape index (κ1) is 18.6. The minimum atomic E-state index is -0.290. The molecule has 138 valence electrons. The molecule has 0 bridgehead atoms. The van der Waals surface area contributed by atoms with Crippen LogP contribution in [0.15, 0.2) is 29.4 Å². The first-order valence-corrected chi connectivity index (χ1v) is 9.35. The molecule has 1 heterocycles. The molecule has 1 amide bonds. The predicted molar refractivity (Wildman–Crippen MR) is 105 cm³/mol. The van der Waals surface area contributed by atoms with E-state index in [0.717, 1.165) is 42.5 Å². The van der Waals surface area contributed by atoms with E-state index in [1.807, 2.05) is 18.2 Å². The number of nitrogens with one attached hydrogen (secondary N) is 2. The third-order valence-corrected chi connectivity index (χ3v) is 4.98. The smallest absolute Gasteiger partial charge is 0.281 e. The Morgan fingerprint density at radius 2 is 2.19 bits per heavy atom. The fourth-order valence-electron chi connectivity index (χ4n) is 3.59. The van der Waals surface area contributed by atoms with Crippen molar-refractivity contribution in [2.75, 3.05) is 0 Å². The minimum Gasteiger partial charge on any atom is -0.281 e. The first-order valence-electron chi connectivity index (χ1n) is 8.97. The normalized spacial score (nSPS) is 17.3. The van der Waals surface area contributed by atoms with Gasteiger partial charge in [0.05, 0.1) is 6.21 Å². The van der Waals surface area contributed by atoms with E-state index in [0.29, 0.717) is 16.6 Å². The number of amides is 1. The maximum atomic E-state index is 12.5. The molecule has 0 radical (unpaired) electrons. The highest BCUT2D eigenvalue weighted by Gasteiger charge is 2.28. The van der Waals surface area contributed by atoms with Gasteiger partial charge in [0.25, 0.3) is 5.91 Å². The van der Waals surface area contributed by atoms with E-state index in [-0.39, 0.29) is 11.3 Å². The highest BCUT2D eigenvalue weighted by molar-refractivity contribution is 6.33. The number of aryl methyl sites for hydroxylation is 1. The van der Waals surface area contributed by atoms with Crippen LogP contribution in [0.1, 0.15) is 60.9 Å². The van der Waals surface area contributed by atoms with Crippen molar-refractivity contribution in [2.24, 2.45) is 16.4 Å². The number of hydrogen-bond donors (Lipinski definition) is 2. The molecule has 1 unspecified atom stereocenters. The molecular formula is C20H25ClN4O. The molecule has 0 fully saturated rings. The summed E-state index contributed by atoms with van der Waals surface area (Å²) in [7, 11) is 0. The number of hydrazone groups is 1. The van der Waals surface area contributed by atoms with Crippen molar-refractivity contribution >= 4 is 23.7 Å². The number of aromatic amines is 1. The van der Waals surface area contributed by atoms with Crippen LogP contribution in [-0.2, 0) is 12.8 Å². The van der Waals surface area contributed by atoms with Gasteiger partial charge in [-0.05, 0) is 43.1 Å². The van der Waals surface area contributed by atoms with Crippen LogP contribution < -0.4 is 5.43 Å². The lowest BCUT2D eigenvalue weighted by atomic mass is 9.76. The van der Waals surface area contributed by atoms with Gasteiger partial charge in [-0.1, -0.05) is 50.6 Å². The Morgan fingerprint density at radius 3 is 2.92 bits per heavy atom. The molecular weight excluding hydrogens is 348 g/mol. The average molecular weight is 373 g/mol. The molecule has 1 atom stereocenters. The summed E-state index contributed by atoms with van der Waals surface area (Å²) in [5.74, 6) is 0.292. The minimum absolute atomic E-state index is 0.285. The maximum absolute atomic E-state index is 12.5. The van der Waals surface area contributed by atoms with Crippen molar-refractivity contribution in [3.63, 3.8) is 0 Å². The van der Waals surface area contributed by atoms with E-state index < -0.39 is 0 Å². The number of carbonyl (C=O) groups excluding carboxylic acids is 1. The van der Waals surface area contributed by atoms with Crippen molar-refractivity contribution in [1.82, 2.24) is 15.6 Å². The highest BCUT2D eigenvalue weighted by Crippen LogP contribution is 2.34. The molecule has 0 spiro atoms. The topological polar surface area (TPSA) is 70.1 Å². The second-order valence-electron chi connectivity index (χ2n) is 8.12. The maximum Gasteiger partial charge on any atom is 0.292 e. The second-order valence-corrected chi connectivity index (χ2v) is 8.53. The van der Waals surface area contributed by atoms with Crippen LogP contribution in [-0.4, -0.2) is 22.3 Å². The summed E-state index contributed by atoms with van der Waals surface area (Å²) < 4.78 is 0. The molecule has 26 heavy (non-hydrogen) atoms. The molecule has 2 aromatic rings. The molecule has 6 heteroatoms. The lowest BCUT2D eigenvalue weighted by molar-refractivity contribution is 0.0948. The number of carbonyl (C=O) groups is 1. The molecule has 2 N–H and O–H groups in total. The second kappa shape index (κ2) is 7.62. The number of nitrogens with zero attached hydrogens (tertiary/aromatic N) is 2. The van der Waals surface area contributed by atoms with E-state index in [1.54, 1.807) is 12.3 Å². The van der Waals surface area contributed by atoms with Gasteiger partial charge >= 0.3 is 0 Å². The van der Waals surface area contributed by atoms with Crippen LogP contribution in [0.5, 0.6) is 0 Å². The van der Waals surface area contributed by atoms with Gasteiger partial charge in [0.2, 0.25) is 0 Å². The number of H-pyrrole nitrogens is 1. The lowest BCUT2D eigenvalue weighted by Gasteiger charge is -2.28. The van der Waals surface area contributed by atoms with Crippen molar-refractivity contribution in [3.8, 4) is 0 Å². The van der Waals surface area contributed by atoms with Gasteiger partial charge in [0.1, 0.15) is 0 Å². The molecule has 0 aliphatic heterocycles. The Labute approximate surface area is 159 Å². The number of fused-ring (bicyclic) bond motifs is 1. The summed E-state index contributed by atoms with van der Waals surface area (Å²) in [4.78, 5) is 12.5. The van der Waals surface area contributed by atoms with Crippen molar-refractivity contribution in [3.05, 3.63) is 51.8 Å². The molecule has 0 saturated heterocycles. The van der Waals surface area contributed by atoms with Gasteiger partial charge in [-0.25, -0.2) is 5.43 Å². The highest BCUT2D eigenvalue weighted by atomic mass is 35.5. The zero-order valence-corrected chi connectivity index (χ0v) is 16.2. The third-order valence-electron chi connectivity index (χ3n) is 4.64. The largest absolute Gasteiger partial charge is 0.292 e. The number of halogens is 1. The summed E-state index contributed by atoms with van der Waals surface area (Å²) >= 11 is 6.08. The quantitative estimate of drug-likeness (QED) is 0.618. The summed E-state index contributed by atoms with van der Waals surface area (Å²) in [6.45, 7) is 6.78. The fraction of sp³-hybridized carbons (Fsp3) is 0.450. The Balaban J connectivity index is 1.68. The Morgan fingerprint density at radius 1 is 1.42 bits per heavy atom. The van der Waals surface area contributed by atoms with Gasteiger partial charge in [-0.2, -0.15) is 10.2 Å². The van der Waals surface area contributed by atoms with E-state index in [2.05, 4.69) is 41.5 Å². The van der Waals surface area contributed by atoms with E-state index in [1.165, 1.54) is 0 Å². The van der Waals surface area contributed by atoms with Gasteiger partial charge in [-0.15, -0.1) is 0 Å². The molecule has 5 nitrogen and oxygen atoms in total. The van der Waals surface area contributed by atoms with Crippen LogP contribution in [0.4, 0.5) is 0 Å². The number of rotatable bonds is 4. The van der Waals surface area contributed by atoms with Crippen LogP contribution >= 0.6 is 11.6 Å². The van der Waals surface area contributed by atoms with E-state index in [9.17, 15) is 4.79 Å². The molecule has 3 rings (SSSR count). The summed E-state index contributed by atoms with van der Waals surface area (Å²) in [6, 6.07) is 7.34. The van der Waals surface area contributed by atoms with Crippen LogP contribution in [0, 0.1) is 11.3 Å². The van der Waals surface area contributed by atoms with Crippen LogP contribution in [0.3, 0.4) is 0 Å². The summed E-state index contributed by atoms with van der Waals surface area (Å²) in [6.07, 6.45) is 5.66. The SMILES string of the molecule is CC(C)(C)CC1CCc2[nH]nc(C(=O)NN=Cc3ccccc3Cl)c2C1. The van der Waals surface area contributed by atoms with Gasteiger partial charge < -0.3 is 0 Å². The molecule has 1 aromatic heterocycles. The Hall–Kier alpha value is -2.14. The summed E-state index contributed by atoms with van der Waals surface area (Å²) in [5, 5.41) is 11.9. The van der Waals surface area contributed by atoms with E-state index in [4.69, 9.17) is 11.6 Å². The number of hydrogen-bond acceptors (Lipinski definition) is 3. The van der Waals surface area contributed by atoms with Gasteiger partial charge in [0.15, 0.2) is 5.69 Å². The standard InChI is InChI=1S/C20H25ClN4O/c1-20(2,3)11-13-8-9-17-15(10-13)18(24-23-17)19(26)25-22-12-14-6-4-5-7-16(14)21/h4-7,12-13H,8-11H2,1-3H3,(H,23,24)(H,25,26). The zero-order valence-electron chi connectivity index (χ0n) is 15.5. The number of benzene rings is 1. The van der Waals surface area contributed by atoms with E-state index >= 15 is 0 Å². The Bertz CT molecular complexity index is 819. The fourth-order valence-corrected chi connectivity index (χ4v) is 3.77. The van der Waals surface area contributed by atoms with Gasteiger partial charge in [-0.3, -0.25) is 9.89 Å². The molecule has 1 aliphatic rings. The van der Waals surface area contributed by atoms with Crippen molar-refractivity contribution in [1.29, 1.82) is 0 Å². The zero-order chi connectivity index (χ0) is 18.7. The van der Waals surface area contributed by atoms with Crippen LogP contribution in [0.25, 0.3) is 0 Å². The molecule has 1 aromatic carbocycles. The Kier molecular flexibility index (Phi) is 5.47.